The van der Waals surface area contributed by atoms with Crippen LogP contribution in [0.4, 0.5) is 0 Å². The van der Waals surface area contributed by atoms with E-state index in [1.807, 2.05) is 30.3 Å². The van der Waals surface area contributed by atoms with Gasteiger partial charge in [0, 0.05) is 35.0 Å². The number of sulfonamides is 1. The van der Waals surface area contributed by atoms with Crippen LogP contribution in [0, 0.1) is 6.92 Å². The number of hydrogen-bond acceptors (Lipinski definition) is 5. The maximum atomic E-state index is 13.0. The lowest BCUT2D eigenvalue weighted by Gasteiger charge is -2.15. The van der Waals surface area contributed by atoms with Crippen molar-refractivity contribution in [3.63, 3.8) is 0 Å². The average Bonchev–Trinajstić information content (AvgIpc) is 2.94. The van der Waals surface area contributed by atoms with Crippen molar-refractivity contribution in [1.82, 2.24) is 8.87 Å². The smallest absolute Gasteiger partial charge is 0.323 e. The summed E-state index contributed by atoms with van der Waals surface area (Å²) in [5.74, 6) is -0.605. The number of carboxylic acid groups (broad SMARTS) is 1. The highest BCUT2D eigenvalue weighted by molar-refractivity contribution is 7.99. The van der Waals surface area contributed by atoms with E-state index in [9.17, 15) is 18.3 Å². The molecule has 9 heteroatoms. The van der Waals surface area contributed by atoms with Gasteiger partial charge in [0.15, 0.2) is 0 Å². The average molecular weight is 435 g/mol. The number of hydrogen-bond donors (Lipinski definition) is 1. The minimum atomic E-state index is -3.77. The van der Waals surface area contributed by atoms with E-state index in [4.69, 9.17) is 4.74 Å². The second-order valence-corrected chi connectivity index (χ2v) is 9.79. The number of carbonyl (C=O) groups is 1. The molecule has 0 unspecified atom stereocenters. The molecule has 3 rings (SSSR count). The van der Waals surface area contributed by atoms with Gasteiger partial charge >= 0.3 is 5.97 Å². The molecule has 2 aromatic carbocycles. The van der Waals surface area contributed by atoms with Crippen LogP contribution in [0.15, 0.2) is 57.2 Å². The van der Waals surface area contributed by atoms with Crippen molar-refractivity contribution >= 4 is 38.7 Å². The molecule has 0 atom stereocenters. The Hall–Kier alpha value is -2.49. The molecule has 0 amide bonds. The number of carboxylic acids is 1. The van der Waals surface area contributed by atoms with Crippen LogP contribution in [0.3, 0.4) is 0 Å². The summed E-state index contributed by atoms with van der Waals surface area (Å²) in [5.41, 5.74) is 1.12. The van der Waals surface area contributed by atoms with Crippen LogP contribution in [0.25, 0.3) is 10.9 Å². The highest BCUT2D eigenvalue weighted by Crippen LogP contribution is 2.44. The number of fused-ring (bicyclic) bond motifs is 1. The Morgan fingerprint density at radius 2 is 1.83 bits per heavy atom. The van der Waals surface area contributed by atoms with Crippen LogP contribution in [-0.4, -0.2) is 49.6 Å². The normalized spacial score (nSPS) is 11.9. The molecule has 0 saturated heterocycles. The van der Waals surface area contributed by atoms with Gasteiger partial charge in [-0.05, 0) is 31.2 Å². The molecule has 0 aliphatic carbocycles. The Labute approximate surface area is 173 Å². The largest absolute Gasteiger partial charge is 0.495 e. The molecule has 1 aromatic heterocycles. The van der Waals surface area contributed by atoms with E-state index >= 15 is 0 Å². The fourth-order valence-electron chi connectivity index (χ4n) is 3.15. The van der Waals surface area contributed by atoms with Gasteiger partial charge < -0.3 is 14.4 Å². The van der Waals surface area contributed by atoms with E-state index < -0.39 is 16.0 Å². The molecule has 0 aliphatic heterocycles. The molecule has 0 radical (unpaired) electrons. The van der Waals surface area contributed by atoms with Crippen molar-refractivity contribution in [3.8, 4) is 5.75 Å². The Bertz CT molecular complexity index is 1170. The van der Waals surface area contributed by atoms with E-state index in [-0.39, 0.29) is 11.4 Å². The molecule has 0 fully saturated rings. The number of methoxy groups -OCH3 is 1. The monoisotopic (exact) mass is 434 g/mol. The molecule has 29 heavy (non-hydrogen) atoms. The second-order valence-electron chi connectivity index (χ2n) is 6.59. The van der Waals surface area contributed by atoms with E-state index in [0.29, 0.717) is 27.2 Å². The quantitative estimate of drug-likeness (QED) is 0.613. The summed E-state index contributed by atoms with van der Waals surface area (Å²) >= 11 is 1.40. The SMILES string of the molecule is COc1ccc(S(=O)(=O)N(C)C)c2c(Sc3ccccc3)c(C)n(CC(=O)O)c12. The first-order chi connectivity index (χ1) is 13.7. The lowest BCUT2D eigenvalue weighted by molar-refractivity contribution is -0.137. The van der Waals surface area contributed by atoms with Crippen LogP contribution >= 0.6 is 11.8 Å². The third-order valence-electron chi connectivity index (χ3n) is 4.57. The molecule has 154 valence electrons. The van der Waals surface area contributed by atoms with Gasteiger partial charge in [-0.25, -0.2) is 12.7 Å². The minimum Gasteiger partial charge on any atom is -0.495 e. The van der Waals surface area contributed by atoms with Gasteiger partial charge in [-0.15, -0.1) is 0 Å². The summed E-state index contributed by atoms with van der Waals surface area (Å²) in [6.45, 7) is 1.49. The van der Waals surface area contributed by atoms with Crippen molar-refractivity contribution in [2.45, 2.75) is 28.2 Å². The summed E-state index contributed by atoms with van der Waals surface area (Å²) in [7, 11) is 0.645. The van der Waals surface area contributed by atoms with E-state index in [2.05, 4.69) is 0 Å². The maximum absolute atomic E-state index is 13.0. The Morgan fingerprint density at radius 1 is 1.17 bits per heavy atom. The Morgan fingerprint density at radius 3 is 2.38 bits per heavy atom. The third kappa shape index (κ3) is 3.85. The molecule has 0 spiro atoms. The lowest BCUT2D eigenvalue weighted by atomic mass is 10.2. The minimum absolute atomic E-state index is 0.115. The first-order valence-corrected chi connectivity index (χ1v) is 11.0. The van der Waals surface area contributed by atoms with Crippen LogP contribution in [0.1, 0.15) is 5.69 Å². The first kappa shape index (κ1) is 21.2. The molecule has 3 aromatic rings. The zero-order chi connectivity index (χ0) is 21.3. The van der Waals surface area contributed by atoms with Crippen molar-refractivity contribution in [1.29, 1.82) is 0 Å². The van der Waals surface area contributed by atoms with E-state index in [1.165, 1.54) is 39.0 Å². The molecule has 7 nitrogen and oxygen atoms in total. The van der Waals surface area contributed by atoms with Crippen LogP contribution in [0.5, 0.6) is 5.75 Å². The number of nitrogens with zero attached hydrogens (tertiary/aromatic N) is 2. The topological polar surface area (TPSA) is 88.8 Å². The van der Waals surface area contributed by atoms with Gasteiger partial charge in [0.1, 0.15) is 12.3 Å². The predicted molar refractivity (Wildman–Crippen MR) is 112 cm³/mol. The number of aliphatic carboxylic acids is 1. The fraction of sp³-hybridized carbons (Fsp3) is 0.250. The molecule has 1 heterocycles. The summed E-state index contributed by atoms with van der Waals surface area (Å²) in [6, 6.07) is 12.6. The molecular weight excluding hydrogens is 412 g/mol. The number of benzene rings is 2. The highest BCUT2D eigenvalue weighted by atomic mass is 32.2. The molecule has 0 bridgehead atoms. The Balaban J connectivity index is 2.44. The number of rotatable bonds is 7. The maximum Gasteiger partial charge on any atom is 0.323 e. The second kappa shape index (κ2) is 8.10. The van der Waals surface area contributed by atoms with Gasteiger partial charge in [0.2, 0.25) is 10.0 Å². The summed E-state index contributed by atoms with van der Waals surface area (Å²) in [5, 5.41) is 9.90. The standard InChI is InChI=1S/C20H22N2O5S2/c1-13-20(28-14-8-6-5-7-9-14)18-16(29(25,26)21(2)3)11-10-15(27-4)19(18)22(13)12-17(23)24/h5-11H,12H2,1-4H3,(H,23,24). The number of ether oxygens (including phenoxy) is 1. The Kier molecular flexibility index (Phi) is 5.92. The van der Waals surface area contributed by atoms with Crippen LogP contribution < -0.4 is 4.74 Å². The van der Waals surface area contributed by atoms with Gasteiger partial charge in [-0.1, -0.05) is 30.0 Å². The molecule has 0 aliphatic rings. The van der Waals surface area contributed by atoms with Gasteiger partial charge in [0.05, 0.1) is 17.5 Å². The summed E-state index contributed by atoms with van der Waals surface area (Å²) < 4.78 is 34.3. The molecule has 1 N–H and O–H groups in total. The van der Waals surface area contributed by atoms with Gasteiger partial charge in [-0.3, -0.25) is 4.79 Å². The predicted octanol–water partition coefficient (Wildman–Crippen LogP) is 3.44. The third-order valence-corrected chi connectivity index (χ3v) is 7.64. The summed E-state index contributed by atoms with van der Waals surface area (Å²) in [4.78, 5) is 13.2. The van der Waals surface area contributed by atoms with E-state index in [0.717, 1.165) is 9.20 Å². The van der Waals surface area contributed by atoms with Crippen molar-refractivity contribution in [3.05, 3.63) is 48.2 Å². The van der Waals surface area contributed by atoms with Crippen molar-refractivity contribution < 1.29 is 23.1 Å². The van der Waals surface area contributed by atoms with E-state index in [1.54, 1.807) is 17.6 Å². The zero-order valence-corrected chi connectivity index (χ0v) is 18.2. The fourth-order valence-corrected chi connectivity index (χ4v) is 5.40. The summed E-state index contributed by atoms with van der Waals surface area (Å²) in [6.07, 6.45) is 0. The number of aromatic nitrogens is 1. The van der Waals surface area contributed by atoms with Crippen molar-refractivity contribution in [2.24, 2.45) is 0 Å². The van der Waals surface area contributed by atoms with Crippen molar-refractivity contribution in [2.75, 3.05) is 21.2 Å². The van der Waals surface area contributed by atoms with Gasteiger partial charge in [-0.2, -0.15) is 0 Å². The zero-order valence-electron chi connectivity index (χ0n) is 16.5. The first-order valence-electron chi connectivity index (χ1n) is 8.75. The highest BCUT2D eigenvalue weighted by Gasteiger charge is 2.28. The van der Waals surface area contributed by atoms with Gasteiger partial charge in [0.25, 0.3) is 0 Å². The van der Waals surface area contributed by atoms with Crippen LogP contribution in [-0.2, 0) is 21.4 Å². The van der Waals surface area contributed by atoms with Crippen LogP contribution in [0.2, 0.25) is 0 Å². The molecule has 0 saturated carbocycles. The molecular formula is C20H22N2O5S2. The lowest BCUT2D eigenvalue weighted by Crippen LogP contribution is -2.22.